The Morgan fingerprint density at radius 2 is 1.64 bits per heavy atom. The Bertz CT molecular complexity index is 1230. The molecule has 188 valence electrons. The van der Waals surface area contributed by atoms with Gasteiger partial charge in [-0.25, -0.2) is 0 Å². The number of nitrogens with one attached hydrogen (secondary N) is 1. The van der Waals surface area contributed by atoms with E-state index in [9.17, 15) is 9.59 Å². The zero-order chi connectivity index (χ0) is 25.7. The number of rotatable bonds is 10. The zero-order valence-electron chi connectivity index (χ0n) is 20.9. The molecule has 4 rings (SSSR count). The largest absolute Gasteiger partial charge is 0.497 e. The smallest absolute Gasteiger partial charge is 0.255 e. The lowest BCUT2D eigenvalue weighted by atomic mass is 10.00. The van der Waals surface area contributed by atoms with Crippen molar-refractivity contribution >= 4 is 11.8 Å². The summed E-state index contributed by atoms with van der Waals surface area (Å²) < 4.78 is 21.8. The Labute approximate surface area is 210 Å². The van der Waals surface area contributed by atoms with Crippen molar-refractivity contribution in [3.63, 3.8) is 0 Å². The van der Waals surface area contributed by atoms with Crippen LogP contribution < -0.4 is 24.3 Å². The maximum absolute atomic E-state index is 13.4. The van der Waals surface area contributed by atoms with E-state index in [0.29, 0.717) is 41.5 Å². The summed E-state index contributed by atoms with van der Waals surface area (Å²) in [6.07, 6.45) is 0.0579. The van der Waals surface area contributed by atoms with E-state index in [1.54, 1.807) is 24.1 Å². The van der Waals surface area contributed by atoms with Crippen molar-refractivity contribution in [1.82, 2.24) is 10.2 Å². The van der Waals surface area contributed by atoms with Crippen molar-refractivity contribution < 1.29 is 28.5 Å². The molecule has 0 saturated carbocycles. The molecule has 3 aromatic rings. The summed E-state index contributed by atoms with van der Waals surface area (Å²) in [5.41, 5.74) is 3.20. The van der Waals surface area contributed by atoms with Crippen LogP contribution >= 0.6 is 0 Å². The monoisotopic (exact) mass is 490 g/mol. The van der Waals surface area contributed by atoms with Gasteiger partial charge in [-0.1, -0.05) is 30.3 Å². The van der Waals surface area contributed by atoms with E-state index in [2.05, 4.69) is 5.32 Å². The van der Waals surface area contributed by atoms with Crippen molar-refractivity contribution in [2.75, 3.05) is 28.4 Å². The van der Waals surface area contributed by atoms with Crippen LogP contribution in [-0.2, 0) is 17.9 Å². The maximum Gasteiger partial charge on any atom is 0.255 e. The molecule has 8 heteroatoms. The second-order valence-electron chi connectivity index (χ2n) is 8.40. The molecule has 1 aliphatic heterocycles. The summed E-state index contributed by atoms with van der Waals surface area (Å²) in [5, 5.41) is 2.97. The molecule has 0 aliphatic carbocycles. The highest BCUT2D eigenvalue weighted by Crippen LogP contribution is 2.42. The van der Waals surface area contributed by atoms with Crippen LogP contribution in [0.15, 0.2) is 60.7 Å². The summed E-state index contributed by atoms with van der Waals surface area (Å²) in [7, 11) is 6.20. The van der Waals surface area contributed by atoms with Gasteiger partial charge in [-0.15, -0.1) is 0 Å². The first-order chi connectivity index (χ1) is 17.5. The van der Waals surface area contributed by atoms with Gasteiger partial charge in [0, 0.05) is 18.7 Å². The Kier molecular flexibility index (Phi) is 7.63. The average Bonchev–Trinajstić information content (AvgIpc) is 3.25. The van der Waals surface area contributed by atoms with Crippen molar-refractivity contribution in [3.8, 4) is 23.0 Å². The minimum absolute atomic E-state index is 0.0579. The van der Waals surface area contributed by atoms with Gasteiger partial charge in [0.05, 0.1) is 40.9 Å². The topological polar surface area (TPSA) is 86.3 Å². The van der Waals surface area contributed by atoms with E-state index >= 15 is 0 Å². The third-order valence-electron chi connectivity index (χ3n) is 6.30. The van der Waals surface area contributed by atoms with Crippen LogP contribution in [0.1, 0.15) is 39.5 Å². The minimum atomic E-state index is -0.552. The van der Waals surface area contributed by atoms with Gasteiger partial charge >= 0.3 is 0 Å². The molecule has 1 N–H and O–H groups in total. The summed E-state index contributed by atoms with van der Waals surface area (Å²) in [6.45, 7) is 0.742. The van der Waals surface area contributed by atoms with E-state index < -0.39 is 6.04 Å². The third-order valence-corrected chi connectivity index (χ3v) is 6.30. The summed E-state index contributed by atoms with van der Waals surface area (Å²) in [5.74, 6) is 1.76. The molecule has 0 saturated heterocycles. The lowest BCUT2D eigenvalue weighted by Crippen LogP contribution is -2.34. The standard InChI is InChI=1S/C28H30N2O6/c1-33-21-10-7-8-18(12-21)16-29-26(31)15-23(30-17-19-9-5-6-11-22(19)28(30)32)20-13-24(34-2)27(36-4)25(14-20)35-3/h5-14,23H,15-17H2,1-4H3,(H,29,31)/t23-/m1/s1. The summed E-state index contributed by atoms with van der Waals surface area (Å²) in [6, 6.07) is 18.0. The Hall–Kier alpha value is -4.20. The van der Waals surface area contributed by atoms with Gasteiger partial charge in [0.15, 0.2) is 11.5 Å². The predicted octanol–water partition coefficient (Wildman–Crippen LogP) is 4.12. The highest BCUT2D eigenvalue weighted by atomic mass is 16.5. The van der Waals surface area contributed by atoms with E-state index in [-0.39, 0.29) is 18.2 Å². The average molecular weight is 491 g/mol. The molecule has 0 spiro atoms. The lowest BCUT2D eigenvalue weighted by molar-refractivity contribution is -0.122. The van der Waals surface area contributed by atoms with E-state index in [4.69, 9.17) is 18.9 Å². The number of hydrogen-bond acceptors (Lipinski definition) is 6. The Morgan fingerprint density at radius 1 is 0.917 bits per heavy atom. The number of benzene rings is 3. The number of hydrogen-bond donors (Lipinski definition) is 1. The van der Waals surface area contributed by atoms with Gasteiger partial charge in [0.25, 0.3) is 5.91 Å². The molecule has 2 amide bonds. The van der Waals surface area contributed by atoms with Crippen molar-refractivity contribution in [2.24, 2.45) is 0 Å². The number of carbonyl (C=O) groups excluding carboxylic acids is 2. The molecule has 1 heterocycles. The van der Waals surface area contributed by atoms with Crippen molar-refractivity contribution in [3.05, 3.63) is 82.9 Å². The fraction of sp³-hybridized carbons (Fsp3) is 0.286. The van der Waals surface area contributed by atoms with E-state index in [0.717, 1.165) is 16.9 Å². The summed E-state index contributed by atoms with van der Waals surface area (Å²) >= 11 is 0. The highest BCUT2D eigenvalue weighted by Gasteiger charge is 2.35. The molecule has 1 aliphatic rings. The molecular weight excluding hydrogens is 460 g/mol. The zero-order valence-corrected chi connectivity index (χ0v) is 20.9. The van der Waals surface area contributed by atoms with Gasteiger partial charge in [0.2, 0.25) is 11.7 Å². The quantitative estimate of drug-likeness (QED) is 0.460. The first kappa shape index (κ1) is 24.9. The molecule has 1 atom stereocenters. The van der Waals surface area contributed by atoms with Crippen LogP contribution in [0.4, 0.5) is 0 Å². The molecule has 0 bridgehead atoms. The first-order valence-corrected chi connectivity index (χ1v) is 11.6. The number of carbonyl (C=O) groups is 2. The van der Waals surface area contributed by atoms with Crippen LogP contribution in [0.2, 0.25) is 0 Å². The van der Waals surface area contributed by atoms with Gasteiger partial charge < -0.3 is 29.2 Å². The highest BCUT2D eigenvalue weighted by molar-refractivity contribution is 5.99. The van der Waals surface area contributed by atoms with Crippen LogP contribution in [-0.4, -0.2) is 45.2 Å². The molecule has 0 radical (unpaired) electrons. The first-order valence-electron chi connectivity index (χ1n) is 11.6. The molecule has 8 nitrogen and oxygen atoms in total. The van der Waals surface area contributed by atoms with Crippen molar-refractivity contribution in [1.29, 1.82) is 0 Å². The van der Waals surface area contributed by atoms with Crippen molar-refractivity contribution in [2.45, 2.75) is 25.6 Å². The second kappa shape index (κ2) is 11.0. The SMILES string of the molecule is COc1cccc(CNC(=O)C[C@H](c2cc(OC)c(OC)c(OC)c2)N2Cc3ccccc3C2=O)c1. The number of nitrogens with zero attached hydrogens (tertiary/aromatic N) is 1. The number of fused-ring (bicyclic) bond motifs is 1. The van der Waals surface area contributed by atoms with Gasteiger partial charge in [-0.05, 0) is 47.0 Å². The molecule has 36 heavy (non-hydrogen) atoms. The second-order valence-corrected chi connectivity index (χ2v) is 8.40. The van der Waals surface area contributed by atoms with E-state index in [1.807, 2.05) is 48.5 Å². The minimum Gasteiger partial charge on any atom is -0.497 e. The normalized spacial score (nSPS) is 13.1. The molecule has 0 aromatic heterocycles. The van der Waals surface area contributed by atoms with Crippen LogP contribution in [0.5, 0.6) is 23.0 Å². The van der Waals surface area contributed by atoms with Crippen LogP contribution in [0, 0.1) is 0 Å². The summed E-state index contributed by atoms with van der Waals surface area (Å²) in [4.78, 5) is 28.2. The fourth-order valence-corrected chi connectivity index (χ4v) is 4.46. The van der Waals surface area contributed by atoms with Crippen LogP contribution in [0.25, 0.3) is 0 Å². The van der Waals surface area contributed by atoms with Crippen LogP contribution in [0.3, 0.4) is 0 Å². The predicted molar refractivity (Wildman–Crippen MR) is 135 cm³/mol. The Balaban J connectivity index is 1.64. The Morgan fingerprint density at radius 3 is 2.28 bits per heavy atom. The fourth-order valence-electron chi connectivity index (χ4n) is 4.46. The molecule has 3 aromatic carbocycles. The van der Waals surface area contributed by atoms with Gasteiger partial charge in [-0.2, -0.15) is 0 Å². The number of methoxy groups -OCH3 is 4. The molecule has 0 unspecified atom stereocenters. The van der Waals surface area contributed by atoms with Gasteiger partial charge in [0.1, 0.15) is 5.75 Å². The molecule has 0 fully saturated rings. The molecular formula is C28H30N2O6. The number of amides is 2. The van der Waals surface area contributed by atoms with Gasteiger partial charge in [-0.3, -0.25) is 9.59 Å². The third kappa shape index (κ3) is 5.07. The maximum atomic E-state index is 13.4. The lowest BCUT2D eigenvalue weighted by Gasteiger charge is -2.29. The number of ether oxygens (including phenoxy) is 4. The van der Waals surface area contributed by atoms with E-state index in [1.165, 1.54) is 21.3 Å².